The van der Waals surface area contributed by atoms with Gasteiger partial charge in [-0.25, -0.2) is 0 Å². The van der Waals surface area contributed by atoms with Gasteiger partial charge in [-0.2, -0.15) is 0 Å². The number of hydrogen-bond acceptors (Lipinski definition) is 2. The van der Waals surface area contributed by atoms with Gasteiger partial charge in [-0.05, 0) is 37.0 Å². The third kappa shape index (κ3) is 2.86. The molecule has 2 atom stereocenters. The molecule has 0 spiro atoms. The minimum Gasteiger partial charge on any atom is -0.381 e. The summed E-state index contributed by atoms with van der Waals surface area (Å²) in [6.45, 7) is 5.46. The highest BCUT2D eigenvalue weighted by molar-refractivity contribution is 9.11. The number of Topliss-reactive ketones (excluding diaryl/α,β-unsaturated/α-hetero) is 1. The van der Waals surface area contributed by atoms with Crippen molar-refractivity contribution in [2.45, 2.75) is 20.3 Å². The molecule has 0 N–H and O–H groups in total. The lowest BCUT2D eigenvalue weighted by Crippen LogP contribution is -2.31. The third-order valence-corrected chi connectivity index (χ3v) is 5.00. The Morgan fingerprint density at radius 1 is 1.33 bits per heavy atom. The first-order valence-electron chi connectivity index (χ1n) is 6.08. The topological polar surface area (TPSA) is 26.3 Å². The van der Waals surface area contributed by atoms with Gasteiger partial charge in [-0.1, -0.05) is 38.8 Å². The van der Waals surface area contributed by atoms with E-state index in [1.807, 2.05) is 19.1 Å². The van der Waals surface area contributed by atoms with E-state index < -0.39 is 0 Å². The van der Waals surface area contributed by atoms with Crippen molar-refractivity contribution in [1.29, 1.82) is 0 Å². The zero-order valence-electron chi connectivity index (χ0n) is 10.5. The van der Waals surface area contributed by atoms with Crippen LogP contribution in [0.25, 0.3) is 0 Å². The second-order valence-corrected chi connectivity index (χ2v) is 6.60. The van der Waals surface area contributed by atoms with Gasteiger partial charge in [0.05, 0.1) is 0 Å². The van der Waals surface area contributed by atoms with Crippen LogP contribution in [0.4, 0.5) is 0 Å². The summed E-state index contributed by atoms with van der Waals surface area (Å²) in [5.74, 6) is 0.584. The molecule has 0 amide bonds. The van der Waals surface area contributed by atoms with Crippen molar-refractivity contribution in [3.8, 4) is 0 Å². The Balaban J connectivity index is 2.30. The van der Waals surface area contributed by atoms with Crippen molar-refractivity contribution in [2.75, 3.05) is 13.2 Å². The SMILES string of the molecule is Cc1cc(Br)c(C(=O)C2CCOCC2C)cc1Br. The lowest BCUT2D eigenvalue weighted by Gasteiger charge is -2.28. The summed E-state index contributed by atoms with van der Waals surface area (Å²) in [6.07, 6.45) is 0.817. The van der Waals surface area contributed by atoms with Crippen molar-refractivity contribution in [3.63, 3.8) is 0 Å². The van der Waals surface area contributed by atoms with Crippen molar-refractivity contribution in [1.82, 2.24) is 0 Å². The molecule has 4 heteroatoms. The van der Waals surface area contributed by atoms with E-state index in [1.54, 1.807) is 0 Å². The van der Waals surface area contributed by atoms with Crippen LogP contribution >= 0.6 is 31.9 Å². The zero-order valence-corrected chi connectivity index (χ0v) is 13.7. The lowest BCUT2D eigenvalue weighted by molar-refractivity contribution is 0.0240. The highest BCUT2D eigenvalue weighted by Crippen LogP contribution is 2.31. The molecular formula is C14H16Br2O2. The monoisotopic (exact) mass is 374 g/mol. The van der Waals surface area contributed by atoms with Crippen LogP contribution in [0.3, 0.4) is 0 Å². The van der Waals surface area contributed by atoms with Crippen LogP contribution in [0.1, 0.15) is 29.3 Å². The molecule has 2 unspecified atom stereocenters. The lowest BCUT2D eigenvalue weighted by atomic mass is 9.83. The molecule has 98 valence electrons. The standard InChI is InChI=1S/C14H16Br2O2/c1-8-5-13(16)11(6-12(8)15)14(17)10-3-4-18-7-9(10)2/h5-6,9-10H,3-4,7H2,1-2H3. The maximum absolute atomic E-state index is 12.6. The first-order chi connectivity index (χ1) is 8.50. The molecule has 0 saturated carbocycles. The van der Waals surface area contributed by atoms with E-state index in [0.29, 0.717) is 19.1 Å². The molecule has 2 nitrogen and oxygen atoms in total. The Kier molecular flexibility index (Phi) is 4.62. The van der Waals surface area contributed by atoms with Gasteiger partial charge in [-0.15, -0.1) is 0 Å². The largest absolute Gasteiger partial charge is 0.381 e. The first kappa shape index (κ1) is 14.2. The summed E-state index contributed by atoms with van der Waals surface area (Å²) in [5.41, 5.74) is 1.89. The van der Waals surface area contributed by atoms with Crippen LogP contribution in [-0.4, -0.2) is 19.0 Å². The fraction of sp³-hybridized carbons (Fsp3) is 0.500. The van der Waals surface area contributed by atoms with E-state index >= 15 is 0 Å². The quantitative estimate of drug-likeness (QED) is 0.717. The van der Waals surface area contributed by atoms with Gasteiger partial charge in [-0.3, -0.25) is 4.79 Å². The fourth-order valence-electron chi connectivity index (χ4n) is 2.30. The molecule has 1 fully saturated rings. The molecule has 0 bridgehead atoms. The van der Waals surface area contributed by atoms with E-state index in [-0.39, 0.29) is 11.7 Å². The average molecular weight is 376 g/mol. The second-order valence-electron chi connectivity index (χ2n) is 4.89. The number of rotatable bonds is 2. The Labute approximate surface area is 124 Å². The molecule has 0 radical (unpaired) electrons. The first-order valence-corrected chi connectivity index (χ1v) is 7.67. The number of hydrogen-bond donors (Lipinski definition) is 0. The molecule has 1 aliphatic rings. The van der Waals surface area contributed by atoms with E-state index in [1.165, 1.54) is 0 Å². The van der Waals surface area contributed by atoms with Crippen molar-refractivity contribution >= 4 is 37.6 Å². The summed E-state index contributed by atoms with van der Waals surface area (Å²) < 4.78 is 7.26. The molecule has 1 aliphatic heterocycles. The third-order valence-electron chi connectivity index (χ3n) is 3.49. The minimum atomic E-state index is 0.0738. The number of ketones is 1. The van der Waals surface area contributed by atoms with Crippen LogP contribution in [-0.2, 0) is 4.74 Å². The Morgan fingerprint density at radius 3 is 2.72 bits per heavy atom. The van der Waals surface area contributed by atoms with Gasteiger partial charge < -0.3 is 4.74 Å². The van der Waals surface area contributed by atoms with Crippen molar-refractivity contribution in [3.05, 3.63) is 32.2 Å². The number of carbonyl (C=O) groups is 1. The molecule has 2 rings (SSSR count). The molecule has 0 aliphatic carbocycles. The van der Waals surface area contributed by atoms with Gasteiger partial charge >= 0.3 is 0 Å². The molecular weight excluding hydrogens is 360 g/mol. The van der Waals surface area contributed by atoms with Gasteiger partial charge in [0.2, 0.25) is 0 Å². The smallest absolute Gasteiger partial charge is 0.167 e. The van der Waals surface area contributed by atoms with E-state index in [4.69, 9.17) is 4.74 Å². The average Bonchev–Trinajstić information content (AvgIpc) is 2.33. The van der Waals surface area contributed by atoms with Gasteiger partial charge in [0, 0.05) is 33.6 Å². The second kappa shape index (κ2) is 5.85. The predicted molar refractivity (Wildman–Crippen MR) is 79.0 cm³/mol. The normalized spacial score (nSPS) is 24.0. The maximum atomic E-state index is 12.6. The van der Waals surface area contributed by atoms with Crippen LogP contribution in [0, 0.1) is 18.8 Å². The molecule has 1 aromatic rings. The zero-order chi connectivity index (χ0) is 13.3. The summed E-state index contributed by atoms with van der Waals surface area (Å²) in [7, 11) is 0. The maximum Gasteiger partial charge on any atom is 0.167 e. The summed E-state index contributed by atoms with van der Waals surface area (Å²) in [4.78, 5) is 12.6. The number of halogens is 2. The summed E-state index contributed by atoms with van der Waals surface area (Å²) in [6, 6.07) is 3.91. The molecule has 18 heavy (non-hydrogen) atoms. The number of benzene rings is 1. The molecule has 1 aromatic carbocycles. The fourth-order valence-corrected chi connectivity index (χ4v) is 3.30. The van der Waals surface area contributed by atoms with Crippen molar-refractivity contribution in [2.24, 2.45) is 11.8 Å². The highest BCUT2D eigenvalue weighted by atomic mass is 79.9. The number of carbonyl (C=O) groups excluding carboxylic acids is 1. The summed E-state index contributed by atoms with van der Waals surface area (Å²) >= 11 is 6.99. The Bertz CT molecular complexity index is 471. The van der Waals surface area contributed by atoms with Crippen LogP contribution < -0.4 is 0 Å². The van der Waals surface area contributed by atoms with E-state index in [0.717, 1.165) is 26.5 Å². The van der Waals surface area contributed by atoms with Gasteiger partial charge in [0.25, 0.3) is 0 Å². The molecule has 0 aromatic heterocycles. The van der Waals surface area contributed by atoms with E-state index in [9.17, 15) is 4.79 Å². The van der Waals surface area contributed by atoms with Crippen LogP contribution in [0.5, 0.6) is 0 Å². The van der Waals surface area contributed by atoms with Gasteiger partial charge in [0.15, 0.2) is 5.78 Å². The van der Waals surface area contributed by atoms with Crippen LogP contribution in [0.2, 0.25) is 0 Å². The molecule has 1 saturated heterocycles. The summed E-state index contributed by atoms with van der Waals surface area (Å²) in [5, 5.41) is 0. The minimum absolute atomic E-state index is 0.0738. The number of ether oxygens (including phenoxy) is 1. The number of aryl methyl sites for hydroxylation is 1. The van der Waals surface area contributed by atoms with Crippen LogP contribution in [0.15, 0.2) is 21.1 Å². The van der Waals surface area contributed by atoms with Crippen molar-refractivity contribution < 1.29 is 9.53 Å². The van der Waals surface area contributed by atoms with Gasteiger partial charge in [0.1, 0.15) is 0 Å². The predicted octanol–water partition coefficient (Wildman–Crippen LogP) is 4.38. The van der Waals surface area contributed by atoms with E-state index in [2.05, 4.69) is 38.8 Å². The Morgan fingerprint density at radius 2 is 2.06 bits per heavy atom. The molecule has 1 heterocycles. The highest BCUT2D eigenvalue weighted by Gasteiger charge is 2.30. The Hall–Kier alpha value is -0.190.